The Balaban J connectivity index is 1.43. The molecule has 16 heavy (non-hydrogen) atoms. The van der Waals surface area contributed by atoms with E-state index in [1.807, 2.05) is 0 Å². The van der Waals surface area contributed by atoms with Crippen LogP contribution in [0, 0.1) is 5.92 Å². The van der Waals surface area contributed by atoms with Gasteiger partial charge in [0.2, 0.25) is 5.91 Å². The predicted molar refractivity (Wildman–Crippen MR) is 64.3 cm³/mol. The largest absolute Gasteiger partial charge is 0.354 e. The number of nitrogens with one attached hydrogen (secondary N) is 2. The fourth-order valence-corrected chi connectivity index (χ4v) is 1.84. The van der Waals surface area contributed by atoms with Crippen LogP contribution in [-0.4, -0.2) is 50.1 Å². The summed E-state index contributed by atoms with van der Waals surface area (Å²) < 4.78 is 0. The molecule has 0 radical (unpaired) electrons. The quantitative estimate of drug-likeness (QED) is 0.620. The number of amides is 1. The maximum Gasteiger partial charge on any atom is 0.234 e. The Labute approximate surface area is 97.8 Å². The second kappa shape index (κ2) is 5.64. The van der Waals surface area contributed by atoms with Gasteiger partial charge in [-0.3, -0.25) is 4.79 Å². The van der Waals surface area contributed by atoms with Crippen LogP contribution in [0.2, 0.25) is 0 Å². The Morgan fingerprint density at radius 1 is 1.31 bits per heavy atom. The molecular formula is C12H23N3O. The Morgan fingerprint density at radius 2 is 2.06 bits per heavy atom. The second-order valence-corrected chi connectivity index (χ2v) is 5.14. The third-order valence-corrected chi connectivity index (χ3v) is 3.37. The van der Waals surface area contributed by atoms with Crippen molar-refractivity contribution in [3.63, 3.8) is 0 Å². The molecule has 4 nitrogen and oxygen atoms in total. The van der Waals surface area contributed by atoms with Gasteiger partial charge in [-0.25, -0.2) is 0 Å². The molecule has 0 atom stereocenters. The summed E-state index contributed by atoms with van der Waals surface area (Å²) in [7, 11) is 2.13. The van der Waals surface area contributed by atoms with E-state index >= 15 is 0 Å². The van der Waals surface area contributed by atoms with Crippen molar-refractivity contribution in [3.05, 3.63) is 0 Å². The van der Waals surface area contributed by atoms with Gasteiger partial charge in [0.25, 0.3) is 0 Å². The lowest BCUT2D eigenvalue weighted by Gasteiger charge is -2.15. The van der Waals surface area contributed by atoms with Crippen LogP contribution < -0.4 is 10.6 Å². The van der Waals surface area contributed by atoms with Crippen molar-refractivity contribution in [3.8, 4) is 0 Å². The van der Waals surface area contributed by atoms with Crippen LogP contribution in [0.1, 0.15) is 25.7 Å². The topological polar surface area (TPSA) is 44.4 Å². The van der Waals surface area contributed by atoms with Gasteiger partial charge in [0.1, 0.15) is 0 Å². The number of hydrogen-bond acceptors (Lipinski definition) is 3. The minimum absolute atomic E-state index is 0.129. The van der Waals surface area contributed by atoms with Crippen LogP contribution in [0.15, 0.2) is 0 Å². The lowest BCUT2D eigenvalue weighted by atomic mass is 10.4. The number of carbonyl (C=O) groups is 1. The van der Waals surface area contributed by atoms with E-state index in [1.54, 1.807) is 0 Å². The van der Waals surface area contributed by atoms with Crippen molar-refractivity contribution in [2.45, 2.75) is 31.7 Å². The van der Waals surface area contributed by atoms with Crippen LogP contribution >= 0.6 is 0 Å². The molecule has 2 saturated carbocycles. The molecule has 0 saturated heterocycles. The van der Waals surface area contributed by atoms with E-state index in [-0.39, 0.29) is 5.91 Å². The maximum atomic E-state index is 11.4. The Kier molecular flexibility index (Phi) is 4.18. The first-order valence-electron chi connectivity index (χ1n) is 6.43. The van der Waals surface area contributed by atoms with Crippen molar-refractivity contribution in [2.75, 3.05) is 33.2 Å². The average molecular weight is 225 g/mol. The van der Waals surface area contributed by atoms with E-state index in [2.05, 4.69) is 22.6 Å². The lowest BCUT2D eigenvalue weighted by Crippen LogP contribution is -2.39. The van der Waals surface area contributed by atoms with Gasteiger partial charge in [0.15, 0.2) is 0 Å². The summed E-state index contributed by atoms with van der Waals surface area (Å²) in [5.41, 5.74) is 0. The van der Waals surface area contributed by atoms with Crippen molar-refractivity contribution in [2.24, 2.45) is 5.92 Å². The molecule has 2 aliphatic rings. The second-order valence-electron chi connectivity index (χ2n) is 5.14. The average Bonchev–Trinajstić information content (AvgIpc) is 3.11. The molecule has 2 N–H and O–H groups in total. The van der Waals surface area contributed by atoms with E-state index in [0.717, 1.165) is 31.6 Å². The van der Waals surface area contributed by atoms with Crippen molar-refractivity contribution in [1.82, 2.24) is 15.5 Å². The number of hydrogen-bond donors (Lipinski definition) is 2. The van der Waals surface area contributed by atoms with Crippen LogP contribution in [-0.2, 0) is 4.79 Å². The van der Waals surface area contributed by atoms with Gasteiger partial charge in [-0.05, 0) is 45.2 Å². The summed E-state index contributed by atoms with van der Waals surface area (Å²) in [5, 5.41) is 6.14. The van der Waals surface area contributed by atoms with Gasteiger partial charge < -0.3 is 15.5 Å². The zero-order valence-corrected chi connectivity index (χ0v) is 10.2. The molecule has 0 spiro atoms. The van der Waals surface area contributed by atoms with Gasteiger partial charge in [-0.2, -0.15) is 0 Å². The van der Waals surface area contributed by atoms with Crippen LogP contribution in [0.4, 0.5) is 0 Å². The van der Waals surface area contributed by atoms with Crippen molar-refractivity contribution < 1.29 is 4.79 Å². The van der Waals surface area contributed by atoms with E-state index in [0.29, 0.717) is 6.54 Å². The minimum Gasteiger partial charge on any atom is -0.354 e. The van der Waals surface area contributed by atoms with Crippen LogP contribution in [0.3, 0.4) is 0 Å². The third kappa shape index (κ3) is 4.49. The SMILES string of the molecule is CN(CCNC(=O)CNCC1CC1)C1CC1. The maximum absolute atomic E-state index is 11.4. The molecular weight excluding hydrogens is 202 g/mol. The summed E-state index contributed by atoms with van der Waals surface area (Å²) >= 11 is 0. The van der Waals surface area contributed by atoms with E-state index in [4.69, 9.17) is 0 Å². The highest BCUT2D eigenvalue weighted by atomic mass is 16.1. The van der Waals surface area contributed by atoms with Gasteiger partial charge >= 0.3 is 0 Å². The normalized spacial score (nSPS) is 20.1. The monoisotopic (exact) mass is 225 g/mol. The Hall–Kier alpha value is -0.610. The third-order valence-electron chi connectivity index (χ3n) is 3.37. The standard InChI is InChI=1S/C12H23N3O/c1-15(11-4-5-11)7-6-14-12(16)9-13-8-10-2-3-10/h10-11,13H,2-9H2,1H3,(H,14,16). The molecule has 92 valence electrons. The number of likely N-dealkylation sites (N-methyl/N-ethyl adjacent to an activating group) is 1. The van der Waals surface area contributed by atoms with Crippen molar-refractivity contribution >= 4 is 5.91 Å². The van der Waals surface area contributed by atoms with Gasteiger partial charge in [0, 0.05) is 19.1 Å². The summed E-state index contributed by atoms with van der Waals surface area (Å²) in [6, 6.07) is 0.782. The highest BCUT2D eigenvalue weighted by Gasteiger charge is 2.25. The molecule has 0 bridgehead atoms. The molecule has 2 aliphatic carbocycles. The molecule has 0 aromatic carbocycles. The first kappa shape index (κ1) is 11.9. The Morgan fingerprint density at radius 3 is 2.69 bits per heavy atom. The lowest BCUT2D eigenvalue weighted by molar-refractivity contribution is -0.120. The van der Waals surface area contributed by atoms with Gasteiger partial charge in [-0.15, -0.1) is 0 Å². The zero-order valence-electron chi connectivity index (χ0n) is 10.2. The first-order chi connectivity index (χ1) is 7.75. The smallest absolute Gasteiger partial charge is 0.234 e. The molecule has 0 aromatic heterocycles. The fourth-order valence-electron chi connectivity index (χ4n) is 1.84. The minimum atomic E-state index is 0.129. The summed E-state index contributed by atoms with van der Waals surface area (Å²) in [6.45, 7) is 3.23. The molecule has 0 aliphatic heterocycles. The van der Waals surface area contributed by atoms with Crippen LogP contribution in [0.25, 0.3) is 0 Å². The highest BCUT2D eigenvalue weighted by molar-refractivity contribution is 5.77. The number of nitrogens with zero attached hydrogens (tertiary/aromatic N) is 1. The number of rotatable bonds is 8. The first-order valence-corrected chi connectivity index (χ1v) is 6.43. The molecule has 1 amide bonds. The molecule has 4 heteroatoms. The van der Waals surface area contributed by atoms with Gasteiger partial charge in [-0.1, -0.05) is 0 Å². The molecule has 0 unspecified atom stereocenters. The number of carbonyl (C=O) groups excluding carboxylic acids is 1. The predicted octanol–water partition coefficient (Wildman–Crippen LogP) is 0.196. The molecule has 2 fully saturated rings. The summed E-state index contributed by atoms with van der Waals surface area (Å²) in [6.07, 6.45) is 5.32. The van der Waals surface area contributed by atoms with Crippen LogP contribution in [0.5, 0.6) is 0 Å². The molecule has 0 aromatic rings. The summed E-state index contributed by atoms with van der Waals surface area (Å²) in [4.78, 5) is 13.8. The molecule has 2 rings (SSSR count). The molecule has 0 heterocycles. The van der Waals surface area contributed by atoms with E-state index in [1.165, 1.54) is 25.7 Å². The van der Waals surface area contributed by atoms with Gasteiger partial charge in [0.05, 0.1) is 6.54 Å². The Bertz CT molecular complexity index is 236. The van der Waals surface area contributed by atoms with E-state index < -0.39 is 0 Å². The summed E-state index contributed by atoms with van der Waals surface area (Å²) in [5.74, 6) is 0.971. The fraction of sp³-hybridized carbons (Fsp3) is 0.917. The highest BCUT2D eigenvalue weighted by Crippen LogP contribution is 2.27. The van der Waals surface area contributed by atoms with E-state index in [9.17, 15) is 4.79 Å². The van der Waals surface area contributed by atoms with Crippen molar-refractivity contribution in [1.29, 1.82) is 0 Å². The zero-order chi connectivity index (χ0) is 11.4.